The number of benzene rings is 7. The van der Waals surface area contributed by atoms with Gasteiger partial charge in [0, 0.05) is 55.2 Å². The Hall–Kier alpha value is -7.24. The van der Waals surface area contributed by atoms with Crippen LogP contribution in [0.5, 0.6) is 0 Å². The molecule has 0 aliphatic carbocycles. The third-order valence-electron chi connectivity index (χ3n) is 16.5. The Morgan fingerprint density at radius 2 is 0.941 bits per heavy atom. The summed E-state index contributed by atoms with van der Waals surface area (Å²) in [7, 11) is 0. The average Bonchev–Trinajstić information content (AvgIpc) is 4.04. The molecule has 0 aliphatic heterocycles. The fourth-order valence-electron chi connectivity index (χ4n) is 11.1. The van der Waals surface area contributed by atoms with Gasteiger partial charge in [-0.2, -0.15) is 0 Å². The van der Waals surface area contributed by atoms with Gasteiger partial charge in [-0.15, -0.1) is 54.1 Å². The number of furan rings is 1. The van der Waals surface area contributed by atoms with Crippen molar-refractivity contribution in [2.75, 3.05) is 0 Å². The monoisotopic (exact) mass is 1300 g/mol. The van der Waals surface area contributed by atoms with Gasteiger partial charge in [-0.25, -0.2) is 0 Å². The molecule has 7 aromatic carbocycles. The molecule has 4 aromatic heterocycles. The Bertz CT molecular complexity index is 4090. The molecule has 0 bridgehead atoms. The molecule has 0 N–H and O–H groups in total. The normalized spacial score (nSPS) is 12.5. The summed E-state index contributed by atoms with van der Waals surface area (Å²) in [5.74, 6) is 1.25. The fourth-order valence-corrected chi connectivity index (χ4v) is 11.1. The van der Waals surface area contributed by atoms with Gasteiger partial charge in [0.05, 0.1) is 28.1 Å². The Balaban J connectivity index is 0.000000439. The van der Waals surface area contributed by atoms with Gasteiger partial charge in [0.15, 0.2) is 0 Å². The van der Waals surface area contributed by atoms with Crippen molar-refractivity contribution in [1.29, 1.82) is 0 Å². The largest absolute Gasteiger partial charge is 0.500 e. The van der Waals surface area contributed by atoms with E-state index in [-0.39, 0.29) is 59.0 Å². The molecule has 0 spiro atoms. The number of pyridine rings is 2. The van der Waals surface area contributed by atoms with E-state index in [0.29, 0.717) is 0 Å². The molecule has 4 heterocycles. The van der Waals surface area contributed by atoms with Gasteiger partial charge in [0.25, 0.3) is 0 Å². The zero-order chi connectivity index (χ0) is 60.4. The summed E-state index contributed by atoms with van der Waals surface area (Å²) in [5.41, 5.74) is 23.8. The number of aromatic nitrogens is 4. The van der Waals surface area contributed by atoms with Crippen LogP contribution >= 0.6 is 0 Å². The standard InChI is InChI=1S/C64H70N3O.C15H16N.Ir/c1-38(2)51-32-43(41-26-24-40(25-27-41)42-28-45(61(5,6)7)34-46(29-42)62(8,9)10)33-52(39(3)4)58(51)67-56-23-18-17-22-54(56)66-60(67)50-21-19-20-49-53-37-65-55(36-57(53)68-59(49)50)44-30-47(63(11,12)13)35-48(31-44)64(14,15)16;1-15(2,3)13-9-10-14(16-11-13)12-7-5-4-6-8-12;/h17-20,22-39H,1-16H3;4-7,9-11H,1-3H3;/q2*-1;. The molecule has 0 fully saturated rings. The fraction of sp³-hybridized carbons (Fsp3) is 0.329. The molecule has 0 unspecified atom stereocenters. The predicted molar refractivity (Wildman–Crippen MR) is 357 cm³/mol. The smallest absolute Gasteiger partial charge is 0.124 e. The van der Waals surface area contributed by atoms with E-state index in [1.165, 1.54) is 66.9 Å². The second kappa shape index (κ2) is 23.6. The molecule has 0 aliphatic rings. The minimum absolute atomic E-state index is 0. The Morgan fingerprint density at radius 3 is 1.44 bits per heavy atom. The van der Waals surface area contributed by atoms with Crippen LogP contribution in [0.1, 0.15) is 182 Å². The van der Waals surface area contributed by atoms with Crippen LogP contribution in [0.25, 0.3) is 94.8 Å². The van der Waals surface area contributed by atoms with E-state index >= 15 is 0 Å². The maximum atomic E-state index is 6.98. The summed E-state index contributed by atoms with van der Waals surface area (Å²) in [6, 6.07) is 61.8. The molecule has 0 atom stereocenters. The number of nitrogens with zero attached hydrogens (tertiary/aromatic N) is 4. The van der Waals surface area contributed by atoms with Crippen molar-refractivity contribution in [3.05, 3.63) is 215 Å². The van der Waals surface area contributed by atoms with Crippen LogP contribution in [0.3, 0.4) is 0 Å². The Morgan fingerprint density at radius 1 is 0.435 bits per heavy atom. The predicted octanol–water partition coefficient (Wildman–Crippen LogP) is 22.1. The summed E-state index contributed by atoms with van der Waals surface area (Å²) in [5, 5.41) is 1.97. The van der Waals surface area contributed by atoms with Crippen molar-refractivity contribution in [2.45, 2.75) is 170 Å². The Labute approximate surface area is 521 Å². The quantitative estimate of drug-likeness (QED) is 0.142. The molecular weight excluding hydrogens is 1210 g/mol. The minimum Gasteiger partial charge on any atom is -0.500 e. The molecule has 11 rings (SSSR count). The van der Waals surface area contributed by atoms with E-state index in [4.69, 9.17) is 14.4 Å². The van der Waals surface area contributed by atoms with E-state index in [0.717, 1.165) is 66.9 Å². The number of hydrogen-bond acceptors (Lipinski definition) is 4. The first kappa shape index (κ1) is 62.3. The van der Waals surface area contributed by atoms with Crippen molar-refractivity contribution in [1.82, 2.24) is 19.5 Å². The Kier molecular flexibility index (Phi) is 17.3. The molecule has 0 saturated carbocycles. The maximum Gasteiger partial charge on any atom is 0.124 e. The van der Waals surface area contributed by atoms with Crippen molar-refractivity contribution < 1.29 is 24.5 Å². The molecule has 85 heavy (non-hydrogen) atoms. The molecule has 0 amide bonds. The van der Waals surface area contributed by atoms with Crippen LogP contribution in [0.15, 0.2) is 168 Å². The minimum atomic E-state index is -0.0109. The molecule has 0 saturated heterocycles. The number of para-hydroxylation sites is 2. The molecule has 11 aromatic rings. The molecule has 6 heteroatoms. The van der Waals surface area contributed by atoms with Gasteiger partial charge < -0.3 is 14.0 Å². The van der Waals surface area contributed by atoms with Crippen LogP contribution in [-0.2, 0) is 47.2 Å². The van der Waals surface area contributed by atoms with E-state index < -0.39 is 0 Å². The number of imidazole rings is 1. The second-order valence-electron chi connectivity index (χ2n) is 29.0. The van der Waals surface area contributed by atoms with Crippen LogP contribution in [0.2, 0.25) is 0 Å². The van der Waals surface area contributed by atoms with Crippen LogP contribution in [0.4, 0.5) is 0 Å². The third-order valence-corrected chi connectivity index (χ3v) is 16.5. The summed E-state index contributed by atoms with van der Waals surface area (Å²) < 4.78 is 9.36. The zero-order valence-electron chi connectivity index (χ0n) is 53.8. The van der Waals surface area contributed by atoms with E-state index in [1.54, 1.807) is 0 Å². The van der Waals surface area contributed by atoms with Crippen molar-refractivity contribution in [3.8, 4) is 61.8 Å². The number of fused-ring (bicyclic) bond motifs is 4. The van der Waals surface area contributed by atoms with Gasteiger partial charge in [-0.1, -0.05) is 215 Å². The van der Waals surface area contributed by atoms with Crippen LogP contribution < -0.4 is 0 Å². The number of rotatable bonds is 8. The molecular formula is C79H86IrN4O-2. The molecule has 1 radical (unpaired) electrons. The van der Waals surface area contributed by atoms with Gasteiger partial charge >= 0.3 is 0 Å². The first-order valence-electron chi connectivity index (χ1n) is 30.2. The number of hydrogen-bond donors (Lipinski definition) is 0. The van der Waals surface area contributed by atoms with E-state index in [1.807, 2.05) is 42.7 Å². The van der Waals surface area contributed by atoms with Gasteiger partial charge in [-0.05, 0) is 142 Å². The average molecular weight is 1300 g/mol. The van der Waals surface area contributed by atoms with E-state index in [2.05, 4.69) is 275 Å². The molecule has 439 valence electrons. The summed E-state index contributed by atoms with van der Waals surface area (Å²) >= 11 is 0. The SMILES string of the molecule is CC(C)(C)c1ccc(-c2[c-]cccc2)nc1.CC(C)c1cc(-c2ccc(-c3cc(C(C)(C)C)cc(C(C)(C)C)c3)cc2)cc(C(C)C)c1-n1c(-c2[c-]ccc3c2oc2cc(-c4cc(C(C)(C)C)cc(C(C)(C)C)c4)ncc23)nc2ccccc21.[Ir]. The first-order chi connectivity index (χ1) is 39.4. The summed E-state index contributed by atoms with van der Waals surface area (Å²) in [6.45, 7) is 43.3. The van der Waals surface area contributed by atoms with Gasteiger partial charge in [-0.3, -0.25) is 9.97 Å². The van der Waals surface area contributed by atoms with Gasteiger partial charge in [0.2, 0.25) is 0 Å². The maximum absolute atomic E-state index is 6.98. The van der Waals surface area contributed by atoms with Crippen LogP contribution in [0, 0.1) is 12.1 Å². The molecule has 5 nitrogen and oxygen atoms in total. The topological polar surface area (TPSA) is 56.7 Å². The van der Waals surface area contributed by atoms with Crippen LogP contribution in [-0.4, -0.2) is 19.5 Å². The van der Waals surface area contributed by atoms with Crippen molar-refractivity contribution in [3.63, 3.8) is 0 Å². The van der Waals surface area contributed by atoms with E-state index in [9.17, 15) is 0 Å². The first-order valence-corrected chi connectivity index (χ1v) is 30.2. The van der Waals surface area contributed by atoms with Crippen molar-refractivity contribution in [2.24, 2.45) is 0 Å². The van der Waals surface area contributed by atoms with Gasteiger partial charge in [0.1, 0.15) is 5.58 Å². The summed E-state index contributed by atoms with van der Waals surface area (Å²) in [6.07, 6.45) is 3.94. The summed E-state index contributed by atoms with van der Waals surface area (Å²) in [4.78, 5) is 15.0. The second-order valence-corrected chi connectivity index (χ2v) is 29.0. The van der Waals surface area contributed by atoms with Crippen molar-refractivity contribution >= 4 is 33.0 Å². The zero-order valence-corrected chi connectivity index (χ0v) is 56.2. The third kappa shape index (κ3) is 13.1.